The summed E-state index contributed by atoms with van der Waals surface area (Å²) < 4.78 is 5.37. The minimum Gasteiger partial charge on any atom is -0.494 e. The van der Waals surface area contributed by atoms with Gasteiger partial charge in [-0.05, 0) is 30.0 Å². The van der Waals surface area contributed by atoms with Gasteiger partial charge in [-0.1, -0.05) is 44.0 Å². The lowest BCUT2D eigenvalue weighted by Gasteiger charge is -2.22. The molecule has 0 aliphatic rings. The van der Waals surface area contributed by atoms with E-state index in [0.717, 1.165) is 11.3 Å². The summed E-state index contributed by atoms with van der Waals surface area (Å²) in [6, 6.07) is 3.63. The van der Waals surface area contributed by atoms with Gasteiger partial charge in [0.15, 0.2) is 0 Å². The Morgan fingerprint density at radius 1 is 1.13 bits per heavy atom. The molecule has 15 heavy (non-hydrogen) atoms. The highest BCUT2D eigenvalue weighted by molar-refractivity contribution is 6.36. The van der Waals surface area contributed by atoms with Crippen LogP contribution in [-0.4, -0.2) is 6.61 Å². The Balaban J connectivity index is 3.22. The van der Waals surface area contributed by atoms with Gasteiger partial charge in [-0.3, -0.25) is 0 Å². The minimum atomic E-state index is -0.0566. The van der Waals surface area contributed by atoms with Gasteiger partial charge in [-0.15, -0.1) is 0 Å². The Morgan fingerprint density at radius 2 is 1.60 bits per heavy atom. The van der Waals surface area contributed by atoms with Gasteiger partial charge in [-0.2, -0.15) is 0 Å². The molecule has 0 spiro atoms. The summed E-state index contributed by atoms with van der Waals surface area (Å²) in [4.78, 5) is 0. The standard InChI is InChI=1S/C12H16Cl2O/c1-5-15-8-6-9(13)11(10(14)7-8)12(2,3)4/h6-7H,5H2,1-4H3. The third-order valence-corrected chi connectivity index (χ3v) is 2.67. The molecule has 0 fully saturated rings. The number of hydrogen-bond donors (Lipinski definition) is 0. The first-order valence-corrected chi connectivity index (χ1v) is 5.74. The minimum absolute atomic E-state index is 0.0566. The van der Waals surface area contributed by atoms with Crippen molar-refractivity contribution in [2.75, 3.05) is 6.61 Å². The molecule has 0 saturated heterocycles. The van der Waals surface area contributed by atoms with Crippen LogP contribution in [0.2, 0.25) is 10.0 Å². The predicted octanol–water partition coefficient (Wildman–Crippen LogP) is 4.69. The molecule has 0 radical (unpaired) electrons. The lowest BCUT2D eigenvalue weighted by atomic mass is 9.87. The van der Waals surface area contributed by atoms with E-state index in [1.165, 1.54) is 0 Å². The van der Waals surface area contributed by atoms with Crippen LogP contribution in [0.25, 0.3) is 0 Å². The van der Waals surface area contributed by atoms with E-state index in [1.807, 2.05) is 19.1 Å². The zero-order valence-corrected chi connectivity index (χ0v) is 11.0. The Hall–Kier alpha value is -0.400. The molecule has 0 aliphatic carbocycles. The van der Waals surface area contributed by atoms with Crippen LogP contribution in [0.5, 0.6) is 5.75 Å². The van der Waals surface area contributed by atoms with Crippen LogP contribution in [-0.2, 0) is 5.41 Å². The van der Waals surface area contributed by atoms with E-state index in [-0.39, 0.29) is 5.41 Å². The maximum absolute atomic E-state index is 6.19. The SMILES string of the molecule is CCOc1cc(Cl)c(C(C)(C)C)c(Cl)c1. The van der Waals surface area contributed by atoms with E-state index in [4.69, 9.17) is 27.9 Å². The molecule has 0 unspecified atom stereocenters. The molecular formula is C12H16Cl2O. The summed E-state index contributed by atoms with van der Waals surface area (Å²) in [5.74, 6) is 0.723. The summed E-state index contributed by atoms with van der Waals surface area (Å²) in [6.07, 6.45) is 0. The molecule has 1 aromatic carbocycles. The molecule has 0 atom stereocenters. The van der Waals surface area contributed by atoms with E-state index in [9.17, 15) is 0 Å². The fraction of sp³-hybridized carbons (Fsp3) is 0.500. The number of ether oxygens (including phenoxy) is 1. The lowest BCUT2D eigenvalue weighted by Crippen LogP contribution is -2.12. The van der Waals surface area contributed by atoms with Crippen LogP contribution >= 0.6 is 23.2 Å². The van der Waals surface area contributed by atoms with Gasteiger partial charge in [0.1, 0.15) is 5.75 Å². The first-order chi connectivity index (χ1) is 6.86. The predicted molar refractivity (Wildman–Crippen MR) is 66.3 cm³/mol. The van der Waals surface area contributed by atoms with Gasteiger partial charge in [0.2, 0.25) is 0 Å². The molecule has 1 aromatic rings. The van der Waals surface area contributed by atoms with Crippen molar-refractivity contribution in [3.05, 3.63) is 27.7 Å². The smallest absolute Gasteiger partial charge is 0.122 e. The molecule has 84 valence electrons. The van der Waals surface area contributed by atoms with Crippen molar-refractivity contribution in [2.24, 2.45) is 0 Å². The average Bonchev–Trinajstić information content (AvgIpc) is 1.99. The van der Waals surface area contributed by atoms with Crippen LogP contribution in [0.1, 0.15) is 33.3 Å². The van der Waals surface area contributed by atoms with Crippen LogP contribution in [0.4, 0.5) is 0 Å². The molecule has 0 N–H and O–H groups in total. The van der Waals surface area contributed by atoms with Crippen molar-refractivity contribution in [1.29, 1.82) is 0 Å². The summed E-state index contributed by atoms with van der Waals surface area (Å²) in [7, 11) is 0. The second kappa shape index (κ2) is 4.63. The first kappa shape index (κ1) is 12.7. The zero-order valence-electron chi connectivity index (χ0n) is 9.53. The van der Waals surface area contributed by atoms with Gasteiger partial charge in [0.05, 0.1) is 6.61 Å². The molecule has 0 heterocycles. The largest absolute Gasteiger partial charge is 0.494 e. The quantitative estimate of drug-likeness (QED) is 0.736. The maximum atomic E-state index is 6.19. The molecule has 0 saturated carbocycles. The van der Waals surface area contributed by atoms with Crippen molar-refractivity contribution in [3.8, 4) is 5.75 Å². The summed E-state index contributed by atoms with van der Waals surface area (Å²) in [6.45, 7) is 8.79. The van der Waals surface area contributed by atoms with Crippen molar-refractivity contribution in [2.45, 2.75) is 33.1 Å². The third-order valence-electron chi connectivity index (χ3n) is 2.08. The maximum Gasteiger partial charge on any atom is 0.122 e. The molecule has 0 aromatic heterocycles. The summed E-state index contributed by atoms with van der Waals surface area (Å²) in [5, 5.41) is 1.33. The Bertz CT molecular complexity index is 330. The van der Waals surface area contributed by atoms with E-state index in [0.29, 0.717) is 16.7 Å². The highest BCUT2D eigenvalue weighted by atomic mass is 35.5. The third kappa shape index (κ3) is 3.02. The number of benzene rings is 1. The highest BCUT2D eigenvalue weighted by Crippen LogP contribution is 2.38. The van der Waals surface area contributed by atoms with E-state index in [2.05, 4.69) is 20.8 Å². The Morgan fingerprint density at radius 3 is 1.93 bits per heavy atom. The molecular weight excluding hydrogens is 231 g/mol. The Labute approximate surface area is 101 Å². The molecule has 1 rings (SSSR count). The zero-order chi connectivity index (χ0) is 11.6. The summed E-state index contributed by atoms with van der Waals surface area (Å²) in [5.41, 5.74) is 0.910. The second-order valence-corrected chi connectivity index (χ2v) is 5.26. The lowest BCUT2D eigenvalue weighted by molar-refractivity contribution is 0.340. The summed E-state index contributed by atoms with van der Waals surface area (Å²) >= 11 is 12.4. The molecule has 1 nitrogen and oxygen atoms in total. The Kier molecular flexibility index (Phi) is 3.91. The van der Waals surface area contributed by atoms with Crippen molar-refractivity contribution in [3.63, 3.8) is 0 Å². The normalized spacial score (nSPS) is 11.6. The molecule has 0 amide bonds. The van der Waals surface area contributed by atoms with Crippen molar-refractivity contribution < 1.29 is 4.74 Å². The fourth-order valence-corrected chi connectivity index (χ4v) is 2.55. The molecule has 0 bridgehead atoms. The van der Waals surface area contributed by atoms with E-state index in [1.54, 1.807) is 0 Å². The second-order valence-electron chi connectivity index (χ2n) is 4.44. The first-order valence-electron chi connectivity index (χ1n) is 4.98. The van der Waals surface area contributed by atoms with Crippen LogP contribution in [0, 0.1) is 0 Å². The highest BCUT2D eigenvalue weighted by Gasteiger charge is 2.21. The topological polar surface area (TPSA) is 9.23 Å². The van der Waals surface area contributed by atoms with Gasteiger partial charge >= 0.3 is 0 Å². The van der Waals surface area contributed by atoms with Crippen LogP contribution in [0.15, 0.2) is 12.1 Å². The average molecular weight is 247 g/mol. The van der Waals surface area contributed by atoms with Crippen molar-refractivity contribution >= 4 is 23.2 Å². The van der Waals surface area contributed by atoms with Crippen LogP contribution in [0.3, 0.4) is 0 Å². The van der Waals surface area contributed by atoms with E-state index >= 15 is 0 Å². The molecule has 3 heteroatoms. The van der Waals surface area contributed by atoms with Gasteiger partial charge < -0.3 is 4.74 Å². The van der Waals surface area contributed by atoms with E-state index < -0.39 is 0 Å². The van der Waals surface area contributed by atoms with Crippen molar-refractivity contribution in [1.82, 2.24) is 0 Å². The number of hydrogen-bond acceptors (Lipinski definition) is 1. The molecule has 0 aliphatic heterocycles. The fourth-order valence-electron chi connectivity index (χ4n) is 1.52. The van der Waals surface area contributed by atoms with Gasteiger partial charge in [0.25, 0.3) is 0 Å². The van der Waals surface area contributed by atoms with Gasteiger partial charge in [0, 0.05) is 10.0 Å². The van der Waals surface area contributed by atoms with Gasteiger partial charge in [-0.25, -0.2) is 0 Å². The monoisotopic (exact) mass is 246 g/mol. The number of halogens is 2. The number of rotatable bonds is 2. The van der Waals surface area contributed by atoms with Crippen LogP contribution < -0.4 is 4.74 Å².